The standard InChI is InChI=1S/C13H13N3O5/c17-16(18)10-7-14-15(8-10)4-1-5-19-11-2-3-12-13(6-11)21-9-20-12/h2-3,6-8H,1,4-5,9H2. The van der Waals surface area contributed by atoms with Crippen LogP contribution in [0.5, 0.6) is 17.2 Å². The zero-order valence-electron chi connectivity index (χ0n) is 11.1. The van der Waals surface area contributed by atoms with Crippen molar-refractivity contribution in [2.45, 2.75) is 13.0 Å². The van der Waals surface area contributed by atoms with Crippen molar-refractivity contribution in [3.05, 3.63) is 40.7 Å². The molecular formula is C13H13N3O5. The summed E-state index contributed by atoms with van der Waals surface area (Å²) in [5.41, 5.74) is -0.00770. The molecule has 3 rings (SSSR count). The fraction of sp³-hybridized carbons (Fsp3) is 0.308. The first-order valence-electron chi connectivity index (χ1n) is 6.42. The van der Waals surface area contributed by atoms with Crippen LogP contribution in [-0.4, -0.2) is 28.1 Å². The normalized spacial score (nSPS) is 12.4. The van der Waals surface area contributed by atoms with Crippen molar-refractivity contribution in [2.24, 2.45) is 0 Å². The molecule has 0 radical (unpaired) electrons. The first-order valence-corrected chi connectivity index (χ1v) is 6.42. The summed E-state index contributed by atoms with van der Waals surface area (Å²) in [7, 11) is 0. The van der Waals surface area contributed by atoms with Gasteiger partial charge in [0, 0.05) is 19.0 Å². The first-order chi connectivity index (χ1) is 10.2. The summed E-state index contributed by atoms with van der Waals surface area (Å²) in [6, 6.07) is 5.39. The summed E-state index contributed by atoms with van der Waals surface area (Å²) < 4.78 is 17.6. The molecule has 0 spiro atoms. The molecule has 2 aromatic rings. The van der Waals surface area contributed by atoms with Gasteiger partial charge in [-0.2, -0.15) is 5.10 Å². The second-order valence-electron chi connectivity index (χ2n) is 4.44. The number of ether oxygens (including phenoxy) is 3. The lowest BCUT2D eigenvalue weighted by molar-refractivity contribution is -0.385. The highest BCUT2D eigenvalue weighted by atomic mass is 16.7. The SMILES string of the molecule is O=[N+]([O-])c1cnn(CCCOc2ccc3c(c2)OCO3)c1. The molecule has 1 aliphatic heterocycles. The number of benzene rings is 1. The molecule has 0 amide bonds. The molecule has 1 aromatic carbocycles. The minimum absolute atomic E-state index is 0.00770. The third kappa shape index (κ3) is 3.04. The summed E-state index contributed by atoms with van der Waals surface area (Å²) in [4.78, 5) is 10.1. The number of aromatic nitrogens is 2. The molecule has 21 heavy (non-hydrogen) atoms. The Morgan fingerprint density at radius 2 is 2.24 bits per heavy atom. The quantitative estimate of drug-likeness (QED) is 0.459. The van der Waals surface area contributed by atoms with Gasteiger partial charge < -0.3 is 14.2 Å². The van der Waals surface area contributed by atoms with Crippen LogP contribution in [0, 0.1) is 10.1 Å². The number of nitro groups is 1. The number of rotatable bonds is 6. The highest BCUT2D eigenvalue weighted by Crippen LogP contribution is 2.35. The van der Waals surface area contributed by atoms with E-state index in [0.29, 0.717) is 36.8 Å². The Hall–Kier alpha value is -2.77. The number of hydrogen-bond donors (Lipinski definition) is 0. The van der Waals surface area contributed by atoms with E-state index < -0.39 is 4.92 Å². The van der Waals surface area contributed by atoms with Crippen molar-refractivity contribution < 1.29 is 19.1 Å². The van der Waals surface area contributed by atoms with E-state index in [9.17, 15) is 10.1 Å². The maximum absolute atomic E-state index is 10.5. The molecule has 0 fully saturated rings. The highest BCUT2D eigenvalue weighted by Gasteiger charge is 2.13. The summed E-state index contributed by atoms with van der Waals surface area (Å²) in [6.45, 7) is 1.27. The second-order valence-corrected chi connectivity index (χ2v) is 4.44. The Balaban J connectivity index is 1.46. The number of hydrogen-bond acceptors (Lipinski definition) is 6. The Morgan fingerprint density at radius 3 is 3.05 bits per heavy atom. The van der Waals surface area contributed by atoms with Gasteiger partial charge in [-0.25, -0.2) is 0 Å². The number of fused-ring (bicyclic) bond motifs is 1. The van der Waals surface area contributed by atoms with Crippen molar-refractivity contribution >= 4 is 5.69 Å². The largest absolute Gasteiger partial charge is 0.493 e. The molecular weight excluding hydrogens is 278 g/mol. The van der Waals surface area contributed by atoms with Gasteiger partial charge in [0.1, 0.15) is 18.1 Å². The lowest BCUT2D eigenvalue weighted by atomic mass is 10.3. The smallest absolute Gasteiger partial charge is 0.306 e. The number of nitrogens with zero attached hydrogens (tertiary/aromatic N) is 3. The molecule has 0 aliphatic carbocycles. The summed E-state index contributed by atoms with van der Waals surface area (Å²) in [6.07, 6.45) is 3.33. The van der Waals surface area contributed by atoms with Crippen LogP contribution in [-0.2, 0) is 6.54 Å². The van der Waals surface area contributed by atoms with Crippen molar-refractivity contribution in [2.75, 3.05) is 13.4 Å². The minimum Gasteiger partial charge on any atom is -0.493 e. The van der Waals surface area contributed by atoms with E-state index in [4.69, 9.17) is 14.2 Å². The lowest BCUT2D eigenvalue weighted by Gasteiger charge is -2.06. The lowest BCUT2D eigenvalue weighted by Crippen LogP contribution is -2.04. The predicted molar refractivity (Wildman–Crippen MR) is 71.6 cm³/mol. The van der Waals surface area contributed by atoms with Gasteiger partial charge in [0.25, 0.3) is 0 Å². The third-order valence-corrected chi connectivity index (χ3v) is 2.97. The molecule has 2 heterocycles. The van der Waals surface area contributed by atoms with Gasteiger partial charge in [0.05, 0.1) is 11.5 Å². The van der Waals surface area contributed by atoms with Crippen LogP contribution in [0.15, 0.2) is 30.6 Å². The Kier molecular flexibility index (Phi) is 3.59. The Bertz CT molecular complexity index is 655. The predicted octanol–water partition coefficient (Wildman–Crippen LogP) is 1.99. The van der Waals surface area contributed by atoms with E-state index >= 15 is 0 Å². The van der Waals surface area contributed by atoms with Crippen molar-refractivity contribution in [1.29, 1.82) is 0 Å². The summed E-state index contributed by atoms with van der Waals surface area (Å²) in [5, 5.41) is 14.4. The van der Waals surface area contributed by atoms with E-state index in [1.165, 1.54) is 17.1 Å². The minimum atomic E-state index is -0.466. The van der Waals surface area contributed by atoms with E-state index in [-0.39, 0.29) is 12.5 Å². The maximum Gasteiger partial charge on any atom is 0.306 e. The van der Waals surface area contributed by atoms with E-state index in [1.807, 2.05) is 6.07 Å². The Labute approximate surface area is 120 Å². The Morgan fingerprint density at radius 1 is 1.38 bits per heavy atom. The van der Waals surface area contributed by atoms with Gasteiger partial charge in [-0.1, -0.05) is 0 Å². The van der Waals surface area contributed by atoms with Crippen LogP contribution in [0.3, 0.4) is 0 Å². The topological polar surface area (TPSA) is 88.7 Å². The van der Waals surface area contributed by atoms with Crippen LogP contribution in [0.25, 0.3) is 0 Å². The van der Waals surface area contributed by atoms with Crippen molar-refractivity contribution in [3.8, 4) is 17.2 Å². The first kappa shape index (κ1) is 13.2. The van der Waals surface area contributed by atoms with Gasteiger partial charge in [-0.15, -0.1) is 0 Å². The van der Waals surface area contributed by atoms with Gasteiger partial charge in [0.15, 0.2) is 11.5 Å². The van der Waals surface area contributed by atoms with E-state index in [1.54, 1.807) is 12.1 Å². The molecule has 8 heteroatoms. The second kappa shape index (κ2) is 5.70. The van der Waals surface area contributed by atoms with Crippen molar-refractivity contribution in [3.63, 3.8) is 0 Å². The van der Waals surface area contributed by atoms with Crippen LogP contribution in [0.1, 0.15) is 6.42 Å². The molecule has 0 bridgehead atoms. The molecule has 0 unspecified atom stereocenters. The van der Waals surface area contributed by atoms with E-state index in [2.05, 4.69) is 5.10 Å². The van der Waals surface area contributed by atoms with Crippen LogP contribution < -0.4 is 14.2 Å². The highest BCUT2D eigenvalue weighted by molar-refractivity contribution is 5.46. The molecule has 0 N–H and O–H groups in total. The average molecular weight is 291 g/mol. The van der Waals surface area contributed by atoms with Gasteiger partial charge in [-0.05, 0) is 12.1 Å². The molecule has 1 aliphatic rings. The fourth-order valence-electron chi connectivity index (χ4n) is 1.95. The van der Waals surface area contributed by atoms with Gasteiger partial charge in [-0.3, -0.25) is 14.8 Å². The van der Waals surface area contributed by atoms with Gasteiger partial charge >= 0.3 is 5.69 Å². The zero-order chi connectivity index (χ0) is 14.7. The zero-order valence-corrected chi connectivity index (χ0v) is 11.1. The average Bonchev–Trinajstić information content (AvgIpc) is 3.12. The third-order valence-electron chi connectivity index (χ3n) is 2.97. The van der Waals surface area contributed by atoms with Crippen LogP contribution in [0.4, 0.5) is 5.69 Å². The monoisotopic (exact) mass is 291 g/mol. The van der Waals surface area contributed by atoms with Crippen LogP contribution in [0.2, 0.25) is 0 Å². The molecule has 0 saturated carbocycles. The molecule has 110 valence electrons. The number of aryl methyl sites for hydroxylation is 1. The summed E-state index contributed by atoms with van der Waals surface area (Å²) in [5.74, 6) is 2.09. The van der Waals surface area contributed by atoms with E-state index in [0.717, 1.165) is 0 Å². The molecule has 0 atom stereocenters. The molecule has 0 saturated heterocycles. The maximum atomic E-state index is 10.5. The summed E-state index contributed by atoms with van der Waals surface area (Å²) >= 11 is 0. The molecule has 8 nitrogen and oxygen atoms in total. The van der Waals surface area contributed by atoms with Crippen LogP contribution >= 0.6 is 0 Å². The fourth-order valence-corrected chi connectivity index (χ4v) is 1.95. The van der Waals surface area contributed by atoms with Crippen molar-refractivity contribution in [1.82, 2.24) is 9.78 Å². The molecule has 1 aromatic heterocycles. The van der Waals surface area contributed by atoms with Gasteiger partial charge in [0.2, 0.25) is 6.79 Å².